The summed E-state index contributed by atoms with van der Waals surface area (Å²) in [4.78, 5) is 25.8. The van der Waals surface area contributed by atoms with Crippen molar-refractivity contribution < 1.29 is 9.59 Å². The molecule has 0 bridgehead atoms. The van der Waals surface area contributed by atoms with Crippen LogP contribution in [0.1, 0.15) is 40.5 Å². The number of alkyl halides is 1. The fourth-order valence-corrected chi connectivity index (χ4v) is 5.73. The second-order valence-electron chi connectivity index (χ2n) is 7.12. The number of aromatic nitrogens is 1. The summed E-state index contributed by atoms with van der Waals surface area (Å²) in [5.41, 5.74) is 1.09. The van der Waals surface area contributed by atoms with E-state index in [1.54, 1.807) is 0 Å². The summed E-state index contributed by atoms with van der Waals surface area (Å²) >= 11 is 19.0. The number of amides is 2. The number of rotatable bonds is 4. The van der Waals surface area contributed by atoms with E-state index in [1.807, 2.05) is 28.8 Å². The summed E-state index contributed by atoms with van der Waals surface area (Å²) in [6.45, 7) is 0.480. The van der Waals surface area contributed by atoms with E-state index in [0.717, 1.165) is 18.4 Å². The highest BCUT2D eigenvalue weighted by molar-refractivity contribution is 7.73. The van der Waals surface area contributed by atoms with Gasteiger partial charge in [-0.25, -0.2) is 0 Å². The minimum Gasteiger partial charge on any atom is -0.351 e. The van der Waals surface area contributed by atoms with Gasteiger partial charge in [-0.1, -0.05) is 35.1 Å². The summed E-state index contributed by atoms with van der Waals surface area (Å²) < 4.78 is 2.52. The average Bonchev–Trinajstić information content (AvgIpc) is 2.99. The first kappa shape index (κ1) is 19.9. The zero-order chi connectivity index (χ0) is 19.8. The van der Waals surface area contributed by atoms with Gasteiger partial charge >= 0.3 is 0 Å². The fourth-order valence-electron chi connectivity index (χ4n) is 3.91. The van der Waals surface area contributed by atoms with Crippen molar-refractivity contribution in [3.8, 4) is 0 Å². The van der Waals surface area contributed by atoms with E-state index in [9.17, 15) is 9.59 Å². The Morgan fingerprint density at radius 1 is 1.32 bits per heavy atom. The minimum atomic E-state index is -0.226. The number of nitrogens with zero attached hydrogens (tertiary/aromatic N) is 1. The van der Waals surface area contributed by atoms with Crippen molar-refractivity contribution in [1.29, 1.82) is 0 Å². The number of hydrogen-bond donors (Lipinski definition) is 2. The van der Waals surface area contributed by atoms with E-state index < -0.39 is 0 Å². The van der Waals surface area contributed by atoms with Crippen LogP contribution in [0, 0.1) is 9.87 Å². The lowest BCUT2D eigenvalue weighted by Gasteiger charge is -2.38. The van der Waals surface area contributed by atoms with E-state index >= 15 is 0 Å². The Labute approximate surface area is 182 Å². The zero-order valence-corrected chi connectivity index (χ0v) is 18.1. The molecule has 3 atom stereocenters. The molecular formula is C19H19Cl2N3O2S2. The summed E-state index contributed by atoms with van der Waals surface area (Å²) in [5.74, 6) is 0.105. The molecule has 0 saturated heterocycles. The van der Waals surface area contributed by atoms with Crippen molar-refractivity contribution in [2.45, 2.75) is 37.1 Å². The third kappa shape index (κ3) is 3.85. The molecule has 1 aromatic carbocycles. The van der Waals surface area contributed by atoms with Gasteiger partial charge in [-0.2, -0.15) is 0 Å². The van der Waals surface area contributed by atoms with Crippen LogP contribution in [0.2, 0.25) is 5.02 Å². The molecule has 1 fully saturated rings. The molecule has 28 heavy (non-hydrogen) atoms. The van der Waals surface area contributed by atoms with Gasteiger partial charge in [0.2, 0.25) is 5.91 Å². The van der Waals surface area contributed by atoms with Crippen LogP contribution in [0.25, 0.3) is 0 Å². The number of carbonyl (C=O) groups excluding carboxylic acids is 2. The maximum atomic E-state index is 12.7. The molecule has 0 radical (unpaired) electrons. The number of hydrogen-bond acceptors (Lipinski definition) is 4. The Kier molecular flexibility index (Phi) is 5.78. The van der Waals surface area contributed by atoms with Crippen molar-refractivity contribution in [2.75, 3.05) is 11.9 Å². The van der Waals surface area contributed by atoms with E-state index in [1.165, 1.54) is 11.3 Å². The molecule has 1 saturated carbocycles. The first-order valence-corrected chi connectivity index (χ1v) is 11.2. The molecule has 2 N–H and O–H groups in total. The molecule has 2 aliphatic rings. The number of fused-ring (bicyclic) bond motifs is 3. The van der Waals surface area contributed by atoms with Crippen molar-refractivity contribution >= 4 is 64.4 Å². The van der Waals surface area contributed by atoms with E-state index in [4.69, 9.17) is 35.4 Å². The smallest absolute Gasteiger partial charge is 0.265 e. The molecule has 148 valence electrons. The standard InChI is InChI=1S/C19H19Cl2N3O2S2/c20-11-3-1-10(2-4-11)7-8-22-18(26)15-16-23-17(25)13-6-5-12(21)9-14(13)24(16)19(27)28-15/h1-4,12-14H,5-9H2,(H,22,26)(H,23,25). The van der Waals surface area contributed by atoms with Gasteiger partial charge in [0, 0.05) is 16.9 Å². The number of nitrogens with one attached hydrogen (secondary N) is 2. The summed E-state index contributed by atoms with van der Waals surface area (Å²) in [6.07, 6.45) is 2.94. The van der Waals surface area contributed by atoms with E-state index in [0.29, 0.717) is 39.1 Å². The van der Waals surface area contributed by atoms with Crippen LogP contribution in [0.4, 0.5) is 5.82 Å². The van der Waals surface area contributed by atoms with Gasteiger partial charge < -0.3 is 15.2 Å². The van der Waals surface area contributed by atoms with Gasteiger partial charge in [-0.15, -0.1) is 11.6 Å². The van der Waals surface area contributed by atoms with Crippen molar-refractivity contribution in [3.63, 3.8) is 0 Å². The predicted molar refractivity (Wildman–Crippen MR) is 115 cm³/mol. The number of halogens is 2. The molecule has 2 aromatic rings. The monoisotopic (exact) mass is 455 g/mol. The molecule has 1 aliphatic carbocycles. The topological polar surface area (TPSA) is 63.1 Å². The van der Waals surface area contributed by atoms with Gasteiger partial charge in [0.25, 0.3) is 5.91 Å². The molecule has 2 heterocycles. The van der Waals surface area contributed by atoms with Gasteiger partial charge in [0.15, 0.2) is 3.95 Å². The highest BCUT2D eigenvalue weighted by atomic mass is 35.5. The van der Waals surface area contributed by atoms with Crippen LogP contribution in [0.3, 0.4) is 0 Å². The zero-order valence-electron chi connectivity index (χ0n) is 14.9. The average molecular weight is 456 g/mol. The van der Waals surface area contributed by atoms with Gasteiger partial charge in [0.1, 0.15) is 10.7 Å². The predicted octanol–water partition coefficient (Wildman–Crippen LogP) is 4.81. The molecular weight excluding hydrogens is 437 g/mol. The number of benzene rings is 1. The highest BCUT2D eigenvalue weighted by Gasteiger charge is 2.42. The SMILES string of the molecule is O=C(NCCc1ccc(Cl)cc1)c1sc(=S)n2c1NC(=O)C1CCC(Cl)CC12. The Bertz CT molecular complexity index is 971. The first-order chi connectivity index (χ1) is 13.4. The summed E-state index contributed by atoms with van der Waals surface area (Å²) in [5, 5.41) is 6.54. The lowest BCUT2D eigenvalue weighted by Crippen LogP contribution is -2.41. The summed E-state index contributed by atoms with van der Waals surface area (Å²) in [7, 11) is 0. The number of anilines is 1. The molecule has 3 unspecified atom stereocenters. The van der Waals surface area contributed by atoms with Gasteiger partial charge in [0.05, 0.1) is 12.0 Å². The molecule has 9 heteroatoms. The van der Waals surface area contributed by atoms with Crippen LogP contribution in [-0.4, -0.2) is 28.3 Å². The molecule has 5 nitrogen and oxygen atoms in total. The Morgan fingerprint density at radius 2 is 2.07 bits per heavy atom. The van der Waals surface area contributed by atoms with Crippen molar-refractivity contribution in [1.82, 2.24) is 9.88 Å². The van der Waals surface area contributed by atoms with Gasteiger partial charge in [-0.3, -0.25) is 9.59 Å². The fraction of sp³-hybridized carbons (Fsp3) is 0.421. The Morgan fingerprint density at radius 3 is 2.82 bits per heavy atom. The van der Waals surface area contributed by atoms with Crippen molar-refractivity contribution in [2.24, 2.45) is 5.92 Å². The first-order valence-electron chi connectivity index (χ1n) is 9.17. The molecule has 1 aromatic heterocycles. The van der Waals surface area contributed by atoms with E-state index in [-0.39, 0.29) is 29.2 Å². The maximum Gasteiger partial charge on any atom is 0.265 e. The minimum absolute atomic E-state index is 0.0263. The molecule has 2 amide bonds. The maximum absolute atomic E-state index is 12.7. The van der Waals surface area contributed by atoms with E-state index in [2.05, 4.69) is 10.6 Å². The van der Waals surface area contributed by atoms with Crippen molar-refractivity contribution in [3.05, 3.63) is 43.7 Å². The normalized spacial score (nSPS) is 23.5. The van der Waals surface area contributed by atoms with Crippen LogP contribution in [0.5, 0.6) is 0 Å². The van der Waals surface area contributed by atoms with Crippen LogP contribution < -0.4 is 10.6 Å². The largest absolute Gasteiger partial charge is 0.351 e. The number of carbonyl (C=O) groups is 2. The number of thiazole rings is 1. The van der Waals surface area contributed by atoms with Gasteiger partial charge in [-0.05, 0) is 55.6 Å². The Balaban J connectivity index is 1.51. The second kappa shape index (κ2) is 8.14. The van der Waals surface area contributed by atoms with Crippen LogP contribution in [-0.2, 0) is 11.2 Å². The van der Waals surface area contributed by atoms with Crippen LogP contribution >= 0.6 is 46.8 Å². The third-order valence-electron chi connectivity index (χ3n) is 5.32. The lowest BCUT2D eigenvalue weighted by atomic mass is 9.82. The lowest BCUT2D eigenvalue weighted by molar-refractivity contribution is -0.123. The summed E-state index contributed by atoms with van der Waals surface area (Å²) in [6, 6.07) is 7.46. The quantitative estimate of drug-likeness (QED) is 0.513. The highest BCUT2D eigenvalue weighted by Crippen LogP contribution is 2.44. The molecule has 0 spiro atoms. The molecule has 1 aliphatic heterocycles. The third-order valence-corrected chi connectivity index (χ3v) is 7.37. The molecule has 4 rings (SSSR count). The Hall–Kier alpha value is -1.41. The second-order valence-corrected chi connectivity index (χ2v) is 9.82. The van der Waals surface area contributed by atoms with Crippen LogP contribution in [0.15, 0.2) is 24.3 Å².